The van der Waals surface area contributed by atoms with Gasteiger partial charge in [0.1, 0.15) is 0 Å². The number of benzene rings is 1. The van der Waals surface area contributed by atoms with Gasteiger partial charge in [0.15, 0.2) is 0 Å². The Morgan fingerprint density at radius 2 is 1.73 bits per heavy atom. The van der Waals surface area contributed by atoms with Crippen LogP contribution in [0.2, 0.25) is 0 Å². The van der Waals surface area contributed by atoms with Crippen molar-refractivity contribution in [3.05, 3.63) is 23.8 Å². The molecule has 6 nitrogen and oxygen atoms in total. The quantitative estimate of drug-likeness (QED) is 0.736. The number of amides is 2. The van der Waals surface area contributed by atoms with Gasteiger partial charge in [-0.1, -0.05) is 19.3 Å². The molecule has 164 valence electrons. The van der Waals surface area contributed by atoms with Crippen LogP contribution in [0.5, 0.6) is 0 Å². The highest BCUT2D eigenvalue weighted by Gasteiger charge is 2.24. The average Bonchev–Trinajstić information content (AvgIpc) is 3.32. The molecule has 3 aliphatic rings. The highest BCUT2D eigenvalue weighted by molar-refractivity contribution is 6.02. The Bertz CT molecular complexity index is 733. The zero-order valence-corrected chi connectivity index (χ0v) is 18.0. The molecule has 0 unspecified atom stereocenters. The van der Waals surface area contributed by atoms with Crippen molar-refractivity contribution >= 4 is 23.2 Å². The number of nitrogens with zero attached hydrogens (tertiary/aromatic N) is 1. The molecular weight excluding hydrogens is 378 g/mol. The molecule has 30 heavy (non-hydrogen) atoms. The van der Waals surface area contributed by atoms with Crippen LogP contribution in [-0.2, 0) is 9.53 Å². The van der Waals surface area contributed by atoms with E-state index in [0.29, 0.717) is 17.8 Å². The van der Waals surface area contributed by atoms with Crippen molar-refractivity contribution in [3.8, 4) is 0 Å². The Morgan fingerprint density at radius 3 is 2.47 bits per heavy atom. The summed E-state index contributed by atoms with van der Waals surface area (Å²) in [4.78, 5) is 28.1. The van der Waals surface area contributed by atoms with E-state index in [0.717, 1.165) is 76.8 Å². The molecular formula is C24H35N3O3. The van der Waals surface area contributed by atoms with Gasteiger partial charge in [0.2, 0.25) is 5.91 Å². The lowest BCUT2D eigenvalue weighted by Crippen LogP contribution is -2.35. The molecule has 1 aliphatic carbocycles. The molecule has 2 aliphatic heterocycles. The van der Waals surface area contributed by atoms with Gasteiger partial charge in [0.25, 0.3) is 5.91 Å². The third kappa shape index (κ3) is 5.34. The van der Waals surface area contributed by atoms with Gasteiger partial charge in [-0.25, -0.2) is 0 Å². The fourth-order valence-electron chi connectivity index (χ4n) is 4.92. The standard InChI is InChI=1S/C24H35N3O3/c28-23(18-8-3-1-4-9-18)26-19-11-12-22(27-13-5-2-6-14-27)21(16-19)24(29)25-17-20-10-7-15-30-20/h11-12,16,18,20H,1-10,13-15,17H2,(H,25,29)(H,26,28)/t20-/m1/s1. The van der Waals surface area contributed by atoms with Crippen molar-refractivity contribution < 1.29 is 14.3 Å². The summed E-state index contributed by atoms with van der Waals surface area (Å²) in [6.45, 7) is 3.26. The van der Waals surface area contributed by atoms with Gasteiger partial charge in [-0.3, -0.25) is 9.59 Å². The van der Waals surface area contributed by atoms with Crippen molar-refractivity contribution in [1.82, 2.24) is 5.32 Å². The lowest BCUT2D eigenvalue weighted by atomic mass is 9.88. The maximum Gasteiger partial charge on any atom is 0.253 e. The number of carbonyl (C=O) groups excluding carboxylic acids is 2. The van der Waals surface area contributed by atoms with Gasteiger partial charge in [0, 0.05) is 43.5 Å². The van der Waals surface area contributed by atoms with Gasteiger partial charge in [-0.15, -0.1) is 0 Å². The van der Waals surface area contributed by atoms with Crippen LogP contribution in [0, 0.1) is 5.92 Å². The summed E-state index contributed by atoms with van der Waals surface area (Å²) >= 11 is 0. The minimum Gasteiger partial charge on any atom is -0.376 e. The smallest absolute Gasteiger partial charge is 0.253 e. The molecule has 0 bridgehead atoms. The molecule has 1 aromatic carbocycles. The number of anilines is 2. The number of nitrogens with one attached hydrogen (secondary N) is 2. The van der Waals surface area contributed by atoms with E-state index < -0.39 is 0 Å². The number of rotatable bonds is 6. The zero-order valence-electron chi connectivity index (χ0n) is 18.0. The summed E-state index contributed by atoms with van der Waals surface area (Å²) in [7, 11) is 0. The summed E-state index contributed by atoms with van der Waals surface area (Å²) in [6.07, 6.45) is 11.1. The SMILES string of the molecule is O=C(NC[C@H]1CCCO1)c1cc(NC(=O)C2CCCCC2)ccc1N1CCCCC1. The molecule has 2 amide bonds. The number of hydrogen-bond donors (Lipinski definition) is 2. The maximum atomic E-state index is 13.1. The molecule has 4 rings (SSSR count). The third-order valence-electron chi connectivity index (χ3n) is 6.70. The average molecular weight is 414 g/mol. The first-order valence-corrected chi connectivity index (χ1v) is 11.8. The summed E-state index contributed by atoms with van der Waals surface area (Å²) < 4.78 is 5.65. The van der Waals surface area contributed by atoms with Crippen molar-refractivity contribution in [2.75, 3.05) is 36.5 Å². The Labute approximate surface area is 179 Å². The minimum atomic E-state index is -0.0835. The van der Waals surface area contributed by atoms with Gasteiger partial charge < -0.3 is 20.3 Å². The molecule has 2 N–H and O–H groups in total. The van der Waals surface area contributed by atoms with E-state index in [4.69, 9.17) is 4.74 Å². The topological polar surface area (TPSA) is 70.7 Å². The van der Waals surface area contributed by atoms with E-state index in [1.165, 1.54) is 12.8 Å². The fraction of sp³-hybridized carbons (Fsp3) is 0.667. The van der Waals surface area contributed by atoms with Crippen molar-refractivity contribution in [2.45, 2.75) is 70.3 Å². The lowest BCUT2D eigenvalue weighted by Gasteiger charge is -2.30. The largest absolute Gasteiger partial charge is 0.376 e. The zero-order chi connectivity index (χ0) is 20.8. The van der Waals surface area contributed by atoms with Crippen LogP contribution in [0.3, 0.4) is 0 Å². The Balaban J connectivity index is 1.49. The highest BCUT2D eigenvalue weighted by Crippen LogP contribution is 2.29. The fourth-order valence-corrected chi connectivity index (χ4v) is 4.92. The van der Waals surface area contributed by atoms with E-state index in [1.807, 2.05) is 18.2 Å². The maximum absolute atomic E-state index is 13.1. The van der Waals surface area contributed by atoms with Crippen LogP contribution >= 0.6 is 0 Å². The second-order valence-electron chi connectivity index (χ2n) is 8.95. The number of carbonyl (C=O) groups is 2. The lowest BCUT2D eigenvalue weighted by molar-refractivity contribution is -0.120. The van der Waals surface area contributed by atoms with Crippen molar-refractivity contribution in [2.24, 2.45) is 5.92 Å². The van der Waals surface area contributed by atoms with Crippen LogP contribution in [0.25, 0.3) is 0 Å². The summed E-state index contributed by atoms with van der Waals surface area (Å²) in [5, 5.41) is 6.13. The molecule has 1 saturated carbocycles. The Kier molecular flexibility index (Phi) is 7.26. The van der Waals surface area contributed by atoms with Crippen molar-refractivity contribution in [3.63, 3.8) is 0 Å². The molecule has 6 heteroatoms. The van der Waals surface area contributed by atoms with E-state index >= 15 is 0 Å². The molecule has 2 heterocycles. The number of piperidine rings is 1. The summed E-state index contributed by atoms with van der Waals surface area (Å²) in [5.41, 5.74) is 2.33. The monoisotopic (exact) mass is 413 g/mol. The highest BCUT2D eigenvalue weighted by atomic mass is 16.5. The van der Waals surface area contributed by atoms with Crippen LogP contribution in [0.1, 0.15) is 74.6 Å². The second-order valence-corrected chi connectivity index (χ2v) is 8.95. The van der Waals surface area contributed by atoms with Gasteiger partial charge in [-0.05, 0) is 63.1 Å². The first-order chi connectivity index (χ1) is 14.7. The van der Waals surface area contributed by atoms with Gasteiger partial charge >= 0.3 is 0 Å². The van der Waals surface area contributed by atoms with Gasteiger partial charge in [-0.2, -0.15) is 0 Å². The third-order valence-corrected chi connectivity index (χ3v) is 6.70. The molecule has 0 spiro atoms. The number of ether oxygens (including phenoxy) is 1. The van der Waals surface area contributed by atoms with E-state index in [-0.39, 0.29) is 23.8 Å². The van der Waals surface area contributed by atoms with E-state index in [2.05, 4.69) is 15.5 Å². The molecule has 0 aromatic heterocycles. The van der Waals surface area contributed by atoms with Gasteiger partial charge in [0.05, 0.1) is 11.7 Å². The van der Waals surface area contributed by atoms with Crippen LogP contribution < -0.4 is 15.5 Å². The molecule has 1 atom stereocenters. The van der Waals surface area contributed by atoms with E-state index in [1.54, 1.807) is 0 Å². The normalized spacial score (nSPS) is 22.7. The second kappa shape index (κ2) is 10.3. The predicted molar refractivity (Wildman–Crippen MR) is 119 cm³/mol. The first-order valence-electron chi connectivity index (χ1n) is 11.8. The van der Waals surface area contributed by atoms with Crippen LogP contribution in [0.15, 0.2) is 18.2 Å². The number of hydrogen-bond acceptors (Lipinski definition) is 4. The summed E-state index contributed by atoms with van der Waals surface area (Å²) in [6, 6.07) is 5.81. The minimum absolute atomic E-state index is 0.0835. The van der Waals surface area contributed by atoms with Crippen LogP contribution in [-0.4, -0.2) is 44.2 Å². The van der Waals surface area contributed by atoms with E-state index in [9.17, 15) is 9.59 Å². The molecule has 0 radical (unpaired) electrons. The van der Waals surface area contributed by atoms with Crippen LogP contribution in [0.4, 0.5) is 11.4 Å². The Morgan fingerprint density at radius 1 is 0.967 bits per heavy atom. The summed E-state index contributed by atoms with van der Waals surface area (Å²) in [5.74, 6) is 0.100. The molecule has 3 fully saturated rings. The first kappa shape index (κ1) is 21.2. The Hall–Kier alpha value is -2.08. The van der Waals surface area contributed by atoms with Crippen molar-refractivity contribution in [1.29, 1.82) is 0 Å². The molecule has 2 saturated heterocycles. The molecule has 1 aromatic rings. The predicted octanol–water partition coefficient (Wildman–Crippen LogP) is 4.10.